The molecule has 1 aromatic carbocycles. The Morgan fingerprint density at radius 1 is 1.29 bits per heavy atom. The highest BCUT2D eigenvalue weighted by Crippen LogP contribution is 2.36. The Kier molecular flexibility index (Phi) is 2.65. The molecule has 0 fully saturated rings. The predicted octanol–water partition coefficient (Wildman–Crippen LogP) is 2.54. The molecule has 0 unspecified atom stereocenters. The van der Waals surface area contributed by atoms with Crippen LogP contribution in [-0.2, 0) is 13.2 Å². The molecule has 0 spiro atoms. The van der Waals surface area contributed by atoms with E-state index >= 15 is 0 Å². The minimum absolute atomic E-state index is 0.0709. The molecule has 2 aromatic heterocycles. The zero-order valence-electron chi connectivity index (χ0n) is 10.8. The summed E-state index contributed by atoms with van der Waals surface area (Å²) in [4.78, 5) is 15.0. The van der Waals surface area contributed by atoms with E-state index in [1.807, 2.05) is 0 Å². The van der Waals surface area contributed by atoms with Crippen molar-refractivity contribution >= 4 is 33.9 Å². The maximum absolute atomic E-state index is 13.0. The van der Waals surface area contributed by atoms with E-state index in [2.05, 4.69) is 10.1 Å². The van der Waals surface area contributed by atoms with Gasteiger partial charge >= 0.3 is 6.18 Å². The number of aryl methyl sites for hydroxylation is 1. The molecule has 0 saturated heterocycles. The van der Waals surface area contributed by atoms with Crippen molar-refractivity contribution in [3.8, 4) is 0 Å². The van der Waals surface area contributed by atoms with Gasteiger partial charge in [0.1, 0.15) is 5.82 Å². The maximum Gasteiger partial charge on any atom is 0.417 e. The molecule has 8 heteroatoms. The van der Waals surface area contributed by atoms with Gasteiger partial charge in [0.25, 0.3) is 0 Å². The maximum atomic E-state index is 13.0. The molecule has 0 radical (unpaired) electrons. The number of carbonyl (C=O) groups excluding carboxylic acids is 1. The summed E-state index contributed by atoms with van der Waals surface area (Å²) in [6, 6.07) is 2.00. The molecule has 2 heterocycles. The van der Waals surface area contributed by atoms with Crippen LogP contribution in [0.25, 0.3) is 21.8 Å². The lowest BCUT2D eigenvalue weighted by molar-refractivity contribution is -0.137. The quantitative estimate of drug-likeness (QED) is 0.700. The minimum atomic E-state index is -4.64. The molecule has 21 heavy (non-hydrogen) atoms. The van der Waals surface area contributed by atoms with E-state index in [0.29, 0.717) is 16.3 Å². The van der Waals surface area contributed by atoms with Crippen molar-refractivity contribution in [3.63, 3.8) is 0 Å². The number of aldehydes is 1. The number of nitrogens with two attached hydrogens (primary N) is 1. The van der Waals surface area contributed by atoms with Gasteiger partial charge in [0.05, 0.1) is 28.2 Å². The van der Waals surface area contributed by atoms with Crippen molar-refractivity contribution in [1.29, 1.82) is 0 Å². The first-order valence-electron chi connectivity index (χ1n) is 5.90. The van der Waals surface area contributed by atoms with E-state index in [-0.39, 0.29) is 17.6 Å². The number of nitrogens with zero attached hydrogens (tertiary/aromatic N) is 3. The first-order chi connectivity index (χ1) is 9.82. The second kappa shape index (κ2) is 4.18. The summed E-state index contributed by atoms with van der Waals surface area (Å²) in [5.74, 6) is 0.0950. The highest BCUT2D eigenvalue weighted by Gasteiger charge is 2.34. The Hall–Kier alpha value is -2.64. The predicted molar refractivity (Wildman–Crippen MR) is 70.8 cm³/mol. The van der Waals surface area contributed by atoms with Crippen LogP contribution in [0.5, 0.6) is 0 Å². The third-order valence-electron chi connectivity index (χ3n) is 3.31. The molecule has 0 aliphatic rings. The summed E-state index contributed by atoms with van der Waals surface area (Å²) in [6.45, 7) is 0. The van der Waals surface area contributed by atoms with Crippen molar-refractivity contribution < 1.29 is 18.0 Å². The Bertz CT molecular complexity index is 883. The number of pyridine rings is 1. The van der Waals surface area contributed by atoms with Crippen molar-refractivity contribution in [3.05, 3.63) is 29.5 Å². The van der Waals surface area contributed by atoms with Gasteiger partial charge in [-0.1, -0.05) is 0 Å². The van der Waals surface area contributed by atoms with Crippen molar-refractivity contribution in [2.45, 2.75) is 6.18 Å². The minimum Gasteiger partial charge on any atom is -0.383 e. The molecule has 0 aliphatic heterocycles. The number of nitrogen functional groups attached to an aromatic ring is 1. The summed E-state index contributed by atoms with van der Waals surface area (Å²) >= 11 is 0. The molecular weight excluding hydrogens is 285 g/mol. The summed E-state index contributed by atoms with van der Waals surface area (Å²) in [7, 11) is 1.64. The van der Waals surface area contributed by atoms with Gasteiger partial charge < -0.3 is 5.73 Å². The van der Waals surface area contributed by atoms with Gasteiger partial charge in [-0.2, -0.15) is 18.3 Å². The van der Waals surface area contributed by atoms with Crippen LogP contribution in [0.1, 0.15) is 15.9 Å². The smallest absolute Gasteiger partial charge is 0.383 e. The highest BCUT2D eigenvalue weighted by atomic mass is 19.4. The number of halogens is 3. The average molecular weight is 294 g/mol. The van der Waals surface area contributed by atoms with Gasteiger partial charge in [-0.05, 0) is 12.1 Å². The van der Waals surface area contributed by atoms with Crippen LogP contribution >= 0.6 is 0 Å². The van der Waals surface area contributed by atoms with Gasteiger partial charge in [0, 0.05) is 18.0 Å². The standard InChI is InChI=1S/C13H9F3N4O/c1-20-11-7-2-6(5-21)9(13(14,15)16)3-10(7)19-12(17)8(11)4-18-20/h2-5H,1H3,(H2,17,19). The molecule has 0 aliphatic carbocycles. The van der Waals surface area contributed by atoms with Gasteiger partial charge in [-0.25, -0.2) is 4.98 Å². The molecule has 0 bridgehead atoms. The van der Waals surface area contributed by atoms with Crippen LogP contribution in [0, 0.1) is 0 Å². The summed E-state index contributed by atoms with van der Waals surface area (Å²) in [6.07, 6.45) is -2.97. The lowest BCUT2D eigenvalue weighted by atomic mass is 10.0. The fraction of sp³-hybridized carbons (Fsp3) is 0.154. The van der Waals surface area contributed by atoms with E-state index in [1.165, 1.54) is 16.9 Å². The number of rotatable bonds is 1. The lowest BCUT2D eigenvalue weighted by Crippen LogP contribution is -2.09. The number of carbonyl (C=O) groups is 1. The molecule has 108 valence electrons. The fourth-order valence-corrected chi connectivity index (χ4v) is 2.36. The normalized spacial score (nSPS) is 12.2. The number of anilines is 1. The average Bonchev–Trinajstić information content (AvgIpc) is 2.80. The summed E-state index contributed by atoms with van der Waals surface area (Å²) < 4.78 is 40.4. The number of hydrogen-bond donors (Lipinski definition) is 1. The lowest BCUT2D eigenvalue weighted by Gasteiger charge is -2.12. The van der Waals surface area contributed by atoms with Crippen LogP contribution in [0.4, 0.5) is 19.0 Å². The topological polar surface area (TPSA) is 73.8 Å². The third kappa shape index (κ3) is 1.91. The Labute approximate surface area is 116 Å². The molecule has 0 saturated carbocycles. The number of alkyl halides is 3. The van der Waals surface area contributed by atoms with Gasteiger partial charge in [-0.15, -0.1) is 0 Å². The summed E-state index contributed by atoms with van der Waals surface area (Å²) in [5.41, 5.74) is 4.89. The van der Waals surface area contributed by atoms with E-state index in [9.17, 15) is 18.0 Å². The van der Waals surface area contributed by atoms with Crippen LogP contribution in [0.15, 0.2) is 18.3 Å². The van der Waals surface area contributed by atoms with E-state index in [4.69, 9.17) is 5.73 Å². The van der Waals surface area contributed by atoms with E-state index in [1.54, 1.807) is 7.05 Å². The van der Waals surface area contributed by atoms with Gasteiger partial charge in [0.15, 0.2) is 6.29 Å². The number of aromatic nitrogens is 3. The molecule has 0 amide bonds. The molecule has 0 atom stereocenters. The van der Waals surface area contributed by atoms with Crippen LogP contribution in [0.3, 0.4) is 0 Å². The highest BCUT2D eigenvalue weighted by molar-refractivity contribution is 6.09. The second-order valence-electron chi connectivity index (χ2n) is 4.60. The first kappa shape index (κ1) is 13.3. The number of fused-ring (bicyclic) bond motifs is 3. The van der Waals surface area contributed by atoms with Crippen LogP contribution in [0.2, 0.25) is 0 Å². The second-order valence-corrected chi connectivity index (χ2v) is 4.60. The first-order valence-corrected chi connectivity index (χ1v) is 5.90. The van der Waals surface area contributed by atoms with Crippen molar-refractivity contribution in [1.82, 2.24) is 14.8 Å². The van der Waals surface area contributed by atoms with Crippen LogP contribution in [-0.4, -0.2) is 21.1 Å². The molecule has 2 N–H and O–H groups in total. The summed E-state index contributed by atoms with van der Waals surface area (Å²) in [5, 5.41) is 4.95. The van der Waals surface area contributed by atoms with E-state index < -0.39 is 17.3 Å². The van der Waals surface area contributed by atoms with Gasteiger partial charge in [-0.3, -0.25) is 9.48 Å². The van der Waals surface area contributed by atoms with Gasteiger partial charge in [0.2, 0.25) is 0 Å². The molecule has 3 rings (SSSR count). The molecular formula is C13H9F3N4O. The van der Waals surface area contributed by atoms with Crippen molar-refractivity contribution in [2.24, 2.45) is 7.05 Å². The molecule has 3 aromatic rings. The fourth-order valence-electron chi connectivity index (χ4n) is 2.36. The Morgan fingerprint density at radius 3 is 2.62 bits per heavy atom. The zero-order valence-corrected chi connectivity index (χ0v) is 10.8. The third-order valence-corrected chi connectivity index (χ3v) is 3.31. The number of hydrogen-bond acceptors (Lipinski definition) is 4. The van der Waals surface area contributed by atoms with Crippen molar-refractivity contribution in [2.75, 3.05) is 5.73 Å². The number of benzene rings is 1. The van der Waals surface area contributed by atoms with Crippen LogP contribution < -0.4 is 5.73 Å². The Morgan fingerprint density at radius 2 is 2.00 bits per heavy atom. The zero-order chi connectivity index (χ0) is 15.4. The largest absolute Gasteiger partial charge is 0.417 e. The Balaban J connectivity index is 2.51. The monoisotopic (exact) mass is 294 g/mol. The van der Waals surface area contributed by atoms with E-state index in [0.717, 1.165) is 6.07 Å². The SMILES string of the molecule is Cn1ncc2c(N)nc3cc(C(F)(F)F)c(C=O)cc3c21. The molecule has 5 nitrogen and oxygen atoms in total.